The van der Waals surface area contributed by atoms with Gasteiger partial charge in [-0.1, -0.05) is 29.5 Å². The van der Waals surface area contributed by atoms with Gasteiger partial charge >= 0.3 is 10.3 Å². The molecule has 44 heavy (non-hydrogen) atoms. The Balaban J connectivity index is 1.20. The molecular weight excluding hydrogens is 602 g/mol. The number of aromatic hydroxyl groups is 2. The summed E-state index contributed by atoms with van der Waals surface area (Å²) in [6, 6.07) is 11.7. The molecule has 228 valence electrons. The SMILES string of the molecule is Nc1nc(-n2cc(-c3cccc(O)c3)nn2)nc2c1ncn2[C@@H]1O[C@H](COS(=O)(=O)NC(=O)c2ccccc2O)[C@@H](O)[C@H]1O. The van der Waals surface area contributed by atoms with E-state index < -0.39 is 53.1 Å². The second kappa shape index (κ2) is 11.1. The molecule has 1 amide bonds. The zero-order valence-electron chi connectivity index (χ0n) is 22.2. The van der Waals surface area contributed by atoms with Crippen molar-refractivity contribution < 1.29 is 42.6 Å². The van der Waals surface area contributed by atoms with Gasteiger partial charge in [-0.15, -0.1) is 5.10 Å². The average molecular weight is 626 g/mol. The predicted molar refractivity (Wildman–Crippen MR) is 148 cm³/mol. The van der Waals surface area contributed by atoms with Crippen LogP contribution < -0.4 is 10.5 Å². The zero-order chi connectivity index (χ0) is 31.2. The number of nitrogens with one attached hydrogen (secondary N) is 1. The molecule has 0 bridgehead atoms. The number of amides is 1. The fourth-order valence-electron chi connectivity index (χ4n) is 4.49. The largest absolute Gasteiger partial charge is 0.508 e. The van der Waals surface area contributed by atoms with E-state index in [1.165, 1.54) is 58.2 Å². The van der Waals surface area contributed by atoms with Gasteiger partial charge in [-0.25, -0.2) is 9.71 Å². The minimum Gasteiger partial charge on any atom is -0.508 e. The minimum absolute atomic E-state index is 0.0186. The maximum atomic E-state index is 12.4. The highest BCUT2D eigenvalue weighted by molar-refractivity contribution is 7.85. The third kappa shape index (κ3) is 5.47. The Morgan fingerprint density at radius 2 is 1.89 bits per heavy atom. The lowest BCUT2D eigenvalue weighted by Gasteiger charge is -2.16. The number of para-hydroxylation sites is 1. The summed E-state index contributed by atoms with van der Waals surface area (Å²) in [6.07, 6.45) is -3.16. The van der Waals surface area contributed by atoms with E-state index in [0.717, 1.165) is 0 Å². The molecule has 0 saturated carbocycles. The molecule has 1 saturated heterocycles. The second-order valence-electron chi connectivity index (χ2n) is 9.56. The number of anilines is 1. The van der Waals surface area contributed by atoms with Crippen LogP contribution in [-0.4, -0.2) is 94.2 Å². The maximum Gasteiger partial charge on any atom is 0.362 e. The number of aromatic nitrogens is 7. The normalized spacial score (nSPS) is 20.2. The number of imidazole rings is 1. The van der Waals surface area contributed by atoms with Crippen LogP contribution in [0.2, 0.25) is 0 Å². The highest BCUT2D eigenvalue weighted by atomic mass is 32.2. The van der Waals surface area contributed by atoms with Crippen molar-refractivity contribution in [1.82, 2.24) is 39.2 Å². The van der Waals surface area contributed by atoms with Crippen molar-refractivity contribution >= 4 is 33.2 Å². The molecule has 1 aliphatic heterocycles. The predicted octanol–water partition coefficient (Wildman–Crippen LogP) is -0.622. The molecule has 19 heteroatoms. The van der Waals surface area contributed by atoms with Crippen molar-refractivity contribution in [2.24, 2.45) is 0 Å². The van der Waals surface area contributed by atoms with Crippen LogP contribution in [0.1, 0.15) is 16.6 Å². The first-order valence-electron chi connectivity index (χ1n) is 12.7. The number of carbonyl (C=O) groups excluding carboxylic acids is 1. The topological polar surface area (TPSA) is 263 Å². The molecule has 2 aromatic carbocycles. The smallest absolute Gasteiger partial charge is 0.362 e. The van der Waals surface area contributed by atoms with Crippen LogP contribution >= 0.6 is 0 Å². The van der Waals surface area contributed by atoms with Crippen molar-refractivity contribution in [3.63, 3.8) is 0 Å². The number of benzene rings is 2. The van der Waals surface area contributed by atoms with E-state index in [9.17, 15) is 33.6 Å². The van der Waals surface area contributed by atoms with Gasteiger partial charge in [0.25, 0.3) is 11.9 Å². The molecule has 0 radical (unpaired) electrons. The van der Waals surface area contributed by atoms with Gasteiger partial charge in [0.05, 0.1) is 24.7 Å². The number of ether oxygens (including phenoxy) is 1. The Labute approximate surface area is 247 Å². The number of carbonyl (C=O) groups is 1. The van der Waals surface area contributed by atoms with Crippen molar-refractivity contribution in [2.45, 2.75) is 24.5 Å². The summed E-state index contributed by atoms with van der Waals surface area (Å²) in [5.74, 6) is -1.61. The van der Waals surface area contributed by atoms with Crippen LogP contribution in [0.25, 0.3) is 28.4 Å². The Kier molecular flexibility index (Phi) is 7.31. The van der Waals surface area contributed by atoms with E-state index in [-0.39, 0.29) is 34.2 Å². The summed E-state index contributed by atoms with van der Waals surface area (Å²) in [5, 5.41) is 49.0. The zero-order valence-corrected chi connectivity index (χ0v) is 23.1. The number of rotatable bonds is 8. The van der Waals surface area contributed by atoms with Gasteiger partial charge in [-0.3, -0.25) is 13.5 Å². The minimum atomic E-state index is -4.71. The molecule has 4 atom stereocenters. The summed E-state index contributed by atoms with van der Waals surface area (Å²) in [4.78, 5) is 25.1. The highest BCUT2D eigenvalue weighted by Crippen LogP contribution is 2.33. The molecule has 0 spiro atoms. The molecule has 3 aromatic heterocycles. The number of phenolic OH excluding ortho intramolecular Hbond substituents is 2. The number of nitrogen functional groups attached to an aromatic ring is 1. The number of hydrogen-bond donors (Lipinski definition) is 6. The second-order valence-corrected chi connectivity index (χ2v) is 10.9. The molecule has 7 N–H and O–H groups in total. The van der Waals surface area contributed by atoms with Gasteiger partial charge in [0.2, 0.25) is 0 Å². The van der Waals surface area contributed by atoms with Gasteiger partial charge in [-0.2, -0.15) is 23.1 Å². The first-order valence-corrected chi connectivity index (χ1v) is 14.1. The number of phenols is 2. The summed E-state index contributed by atoms with van der Waals surface area (Å²) < 4.78 is 39.4. The molecule has 1 fully saturated rings. The van der Waals surface area contributed by atoms with E-state index in [0.29, 0.717) is 11.3 Å². The molecule has 6 rings (SSSR count). The van der Waals surface area contributed by atoms with Crippen molar-refractivity contribution in [3.8, 4) is 28.7 Å². The first-order chi connectivity index (χ1) is 21.0. The maximum absolute atomic E-state index is 12.4. The Hall–Kier alpha value is -5.21. The molecule has 0 aliphatic carbocycles. The van der Waals surface area contributed by atoms with E-state index in [1.54, 1.807) is 16.9 Å². The van der Waals surface area contributed by atoms with Gasteiger partial charge in [-0.05, 0) is 24.3 Å². The number of aliphatic hydroxyl groups excluding tert-OH is 2. The molecule has 4 heterocycles. The average Bonchev–Trinajstić information content (AvgIpc) is 3.71. The number of nitrogens with two attached hydrogens (primary N) is 1. The van der Waals surface area contributed by atoms with Crippen LogP contribution in [0.5, 0.6) is 11.5 Å². The van der Waals surface area contributed by atoms with Crippen LogP contribution in [-0.2, 0) is 19.2 Å². The molecule has 18 nitrogen and oxygen atoms in total. The Bertz CT molecular complexity index is 1980. The third-order valence-corrected chi connectivity index (χ3v) is 7.52. The van der Waals surface area contributed by atoms with E-state index in [4.69, 9.17) is 14.7 Å². The summed E-state index contributed by atoms with van der Waals surface area (Å²) >= 11 is 0. The molecule has 1 aliphatic rings. The summed E-state index contributed by atoms with van der Waals surface area (Å²) in [5.41, 5.74) is 7.02. The van der Waals surface area contributed by atoms with Gasteiger partial charge < -0.3 is 30.9 Å². The van der Waals surface area contributed by atoms with Crippen molar-refractivity contribution in [3.05, 3.63) is 66.6 Å². The number of aliphatic hydroxyl groups is 2. The number of fused-ring (bicyclic) bond motifs is 1. The Morgan fingerprint density at radius 1 is 1.09 bits per heavy atom. The van der Waals surface area contributed by atoms with Gasteiger partial charge in [0.1, 0.15) is 41.0 Å². The molecule has 0 unspecified atom stereocenters. The first kappa shape index (κ1) is 28.9. The summed E-state index contributed by atoms with van der Waals surface area (Å²) in [7, 11) is -4.71. The van der Waals surface area contributed by atoms with Gasteiger partial charge in [0, 0.05) is 5.56 Å². The highest BCUT2D eigenvalue weighted by Gasteiger charge is 2.45. The Morgan fingerprint density at radius 3 is 2.66 bits per heavy atom. The molecular formula is C25H23N9O9S. The number of hydrogen-bond acceptors (Lipinski definition) is 15. The monoisotopic (exact) mass is 625 g/mol. The van der Waals surface area contributed by atoms with Crippen molar-refractivity contribution in [1.29, 1.82) is 0 Å². The lowest BCUT2D eigenvalue weighted by atomic mass is 10.1. The lowest BCUT2D eigenvalue weighted by Crippen LogP contribution is -2.37. The standard InChI is InChI=1S/C25H23N9O9S/c26-21-18-22(29-25(28-21)34-9-15(30-32-34)12-4-3-5-13(35)8-12)33(11-27-18)24-20(38)19(37)17(43-24)10-42-44(40,41)31-23(39)14-6-1-2-7-16(14)36/h1-9,11,17,19-20,24,35-38H,10H2,(H,31,39)(H2,26,28,29)/t17-,19-,20-,24-/m1/s1. The number of nitrogens with zero attached hydrogens (tertiary/aromatic N) is 7. The van der Waals surface area contributed by atoms with E-state index in [1.807, 2.05) is 0 Å². The lowest BCUT2D eigenvalue weighted by molar-refractivity contribution is -0.0468. The van der Waals surface area contributed by atoms with Crippen molar-refractivity contribution in [2.75, 3.05) is 12.3 Å². The fourth-order valence-corrected chi connectivity index (χ4v) is 5.20. The van der Waals surface area contributed by atoms with Crippen LogP contribution in [0, 0.1) is 0 Å². The van der Waals surface area contributed by atoms with Crippen LogP contribution in [0.4, 0.5) is 5.82 Å². The van der Waals surface area contributed by atoms with Crippen LogP contribution in [0.3, 0.4) is 0 Å². The molecule has 5 aromatic rings. The van der Waals surface area contributed by atoms with Gasteiger partial charge in [0.15, 0.2) is 17.7 Å². The van der Waals surface area contributed by atoms with Crippen LogP contribution in [0.15, 0.2) is 61.1 Å². The fraction of sp³-hybridized carbons (Fsp3) is 0.200. The third-order valence-electron chi connectivity index (χ3n) is 6.64. The van der Waals surface area contributed by atoms with E-state index in [2.05, 4.69) is 25.3 Å². The summed E-state index contributed by atoms with van der Waals surface area (Å²) in [6.45, 7) is -0.788. The van der Waals surface area contributed by atoms with E-state index >= 15 is 0 Å². The quantitative estimate of drug-likeness (QED) is 0.125.